The fourth-order valence-corrected chi connectivity index (χ4v) is 3.97. The van der Waals surface area contributed by atoms with Crippen LogP contribution in [-0.2, 0) is 14.6 Å². The van der Waals surface area contributed by atoms with Crippen molar-refractivity contribution in [3.63, 3.8) is 0 Å². The third-order valence-corrected chi connectivity index (χ3v) is 4.68. The Morgan fingerprint density at radius 2 is 2.31 bits per heavy atom. The quantitative estimate of drug-likeness (QED) is 0.735. The zero-order valence-corrected chi connectivity index (χ0v) is 11.9. The number of ether oxygens (including phenoxy) is 1. The molecular weight excluding hydrogens is 294 g/mol. The van der Waals surface area contributed by atoms with Crippen LogP contribution in [-0.4, -0.2) is 57.7 Å². The highest BCUT2D eigenvalue weighted by Gasteiger charge is 2.31. The lowest BCUT2D eigenvalue weighted by molar-refractivity contribution is 0.134. The predicted molar refractivity (Wildman–Crippen MR) is 68.6 cm³/mol. The van der Waals surface area contributed by atoms with Gasteiger partial charge >= 0.3 is 0 Å². The van der Waals surface area contributed by atoms with Gasteiger partial charge in [-0.2, -0.15) is 0 Å². The second-order valence-electron chi connectivity index (χ2n) is 4.04. The lowest BCUT2D eigenvalue weighted by Gasteiger charge is -2.27. The Hall–Kier alpha value is 0.0900. The second kappa shape index (κ2) is 6.14. The van der Waals surface area contributed by atoms with E-state index in [1.807, 2.05) is 0 Å². The highest BCUT2D eigenvalue weighted by atomic mass is 79.9. The molecule has 1 atom stereocenters. The van der Waals surface area contributed by atoms with Gasteiger partial charge in [0.15, 0.2) is 9.84 Å². The van der Waals surface area contributed by atoms with Crippen molar-refractivity contribution >= 4 is 25.8 Å². The molecule has 0 aromatic carbocycles. The van der Waals surface area contributed by atoms with Crippen LogP contribution in [0.3, 0.4) is 0 Å². The number of nitrogens with zero attached hydrogens (tertiary/aromatic N) is 1. The Labute approximate surface area is 106 Å². The molecule has 1 heterocycles. The van der Waals surface area contributed by atoms with Crippen LogP contribution in [0.2, 0.25) is 0 Å². The average molecular weight is 312 g/mol. The van der Waals surface area contributed by atoms with E-state index in [4.69, 9.17) is 4.74 Å². The zero-order valence-electron chi connectivity index (χ0n) is 9.49. The fourth-order valence-electron chi connectivity index (χ4n) is 1.88. The third kappa shape index (κ3) is 4.53. The summed E-state index contributed by atoms with van der Waals surface area (Å²) in [7, 11) is -1.18. The summed E-state index contributed by atoms with van der Waals surface area (Å²) in [4.78, 5) is 2.12. The van der Waals surface area contributed by atoms with Crippen LogP contribution in [0.1, 0.15) is 6.42 Å². The molecule has 0 bridgehead atoms. The van der Waals surface area contributed by atoms with E-state index in [1.165, 1.54) is 0 Å². The molecule has 1 rings (SSSR count). The lowest BCUT2D eigenvalue weighted by Crippen LogP contribution is -2.39. The van der Waals surface area contributed by atoms with Crippen molar-refractivity contribution in [1.82, 2.24) is 4.90 Å². The summed E-state index contributed by atoms with van der Waals surface area (Å²) in [5.41, 5.74) is 0. The highest BCUT2D eigenvalue weighted by Crippen LogP contribution is 2.19. The predicted octanol–water partition coefficient (Wildman–Crippen LogP) is 1.03. The SMILES string of the molecule is C=C(Br)CN(CCOC)[C@H]1CCS(=O)(=O)C1. The van der Waals surface area contributed by atoms with Crippen molar-refractivity contribution in [2.24, 2.45) is 0 Å². The first kappa shape index (κ1) is 14.2. The topological polar surface area (TPSA) is 46.6 Å². The van der Waals surface area contributed by atoms with Gasteiger partial charge in [-0.3, -0.25) is 4.90 Å². The van der Waals surface area contributed by atoms with E-state index in [0.29, 0.717) is 25.3 Å². The van der Waals surface area contributed by atoms with Crippen molar-refractivity contribution in [3.05, 3.63) is 11.1 Å². The minimum absolute atomic E-state index is 0.106. The fraction of sp³-hybridized carbons (Fsp3) is 0.800. The van der Waals surface area contributed by atoms with Crippen LogP contribution in [0.25, 0.3) is 0 Å². The van der Waals surface area contributed by atoms with E-state index in [9.17, 15) is 8.42 Å². The van der Waals surface area contributed by atoms with E-state index >= 15 is 0 Å². The first-order valence-electron chi connectivity index (χ1n) is 5.21. The Morgan fingerprint density at radius 1 is 1.62 bits per heavy atom. The maximum atomic E-state index is 11.4. The minimum Gasteiger partial charge on any atom is -0.383 e. The van der Waals surface area contributed by atoms with Crippen LogP contribution in [0.5, 0.6) is 0 Å². The lowest BCUT2D eigenvalue weighted by atomic mass is 10.2. The maximum absolute atomic E-state index is 11.4. The van der Waals surface area contributed by atoms with Crippen LogP contribution in [0.4, 0.5) is 0 Å². The Balaban J connectivity index is 2.58. The maximum Gasteiger partial charge on any atom is 0.151 e. The number of halogens is 1. The van der Waals surface area contributed by atoms with Gasteiger partial charge in [0.05, 0.1) is 18.1 Å². The average Bonchev–Trinajstić information content (AvgIpc) is 2.52. The van der Waals surface area contributed by atoms with E-state index in [0.717, 1.165) is 11.0 Å². The van der Waals surface area contributed by atoms with Crippen molar-refractivity contribution in [1.29, 1.82) is 0 Å². The second-order valence-corrected chi connectivity index (χ2v) is 7.39. The molecule has 1 saturated heterocycles. The molecule has 0 aliphatic carbocycles. The summed E-state index contributed by atoms with van der Waals surface area (Å²) >= 11 is 3.32. The summed E-state index contributed by atoms with van der Waals surface area (Å²) in [6.45, 7) is 5.81. The van der Waals surface area contributed by atoms with Crippen molar-refractivity contribution in [2.75, 3.05) is 38.3 Å². The van der Waals surface area contributed by atoms with Gasteiger partial charge in [0.25, 0.3) is 0 Å². The summed E-state index contributed by atoms with van der Waals surface area (Å²) in [5, 5.41) is 0. The third-order valence-electron chi connectivity index (χ3n) is 2.68. The van der Waals surface area contributed by atoms with Crippen LogP contribution >= 0.6 is 15.9 Å². The Morgan fingerprint density at radius 3 is 2.75 bits per heavy atom. The molecule has 0 spiro atoms. The molecule has 1 aliphatic heterocycles. The largest absolute Gasteiger partial charge is 0.383 e. The molecule has 16 heavy (non-hydrogen) atoms. The van der Waals surface area contributed by atoms with Gasteiger partial charge in [-0.05, 0) is 6.42 Å². The first-order valence-corrected chi connectivity index (χ1v) is 7.83. The van der Waals surface area contributed by atoms with Gasteiger partial charge in [0.2, 0.25) is 0 Å². The van der Waals surface area contributed by atoms with E-state index < -0.39 is 9.84 Å². The van der Waals surface area contributed by atoms with Gasteiger partial charge in [-0.25, -0.2) is 8.42 Å². The molecule has 6 heteroatoms. The summed E-state index contributed by atoms with van der Waals surface area (Å²) in [6, 6.07) is 0.106. The Bertz CT molecular complexity index is 342. The molecule has 1 fully saturated rings. The Kier molecular flexibility index (Phi) is 5.43. The van der Waals surface area contributed by atoms with Gasteiger partial charge in [-0.15, -0.1) is 0 Å². The molecule has 0 aromatic rings. The zero-order chi connectivity index (χ0) is 12.2. The summed E-state index contributed by atoms with van der Waals surface area (Å²) in [5.74, 6) is 0.562. The normalized spacial score (nSPS) is 23.8. The molecule has 0 aromatic heterocycles. The molecule has 4 nitrogen and oxygen atoms in total. The van der Waals surface area contributed by atoms with Gasteiger partial charge < -0.3 is 4.74 Å². The molecular formula is C10H18BrNO3S. The number of sulfone groups is 1. The standard InChI is InChI=1S/C10H18BrNO3S/c1-9(11)7-12(4-5-15-2)10-3-6-16(13,14)8-10/h10H,1,3-8H2,2H3/t10-/m0/s1. The minimum atomic E-state index is -2.83. The number of hydrogen-bond donors (Lipinski definition) is 0. The molecule has 0 N–H and O–H groups in total. The van der Waals surface area contributed by atoms with E-state index in [-0.39, 0.29) is 11.8 Å². The van der Waals surface area contributed by atoms with Crippen LogP contribution in [0, 0.1) is 0 Å². The number of hydrogen-bond acceptors (Lipinski definition) is 4. The molecule has 0 saturated carbocycles. The van der Waals surface area contributed by atoms with Crippen LogP contribution < -0.4 is 0 Å². The number of rotatable bonds is 6. The summed E-state index contributed by atoms with van der Waals surface area (Å²) < 4.78 is 28.7. The molecule has 0 unspecified atom stereocenters. The van der Waals surface area contributed by atoms with E-state index in [2.05, 4.69) is 27.4 Å². The molecule has 0 amide bonds. The molecule has 0 radical (unpaired) electrons. The van der Waals surface area contributed by atoms with Crippen molar-refractivity contribution < 1.29 is 13.2 Å². The summed E-state index contributed by atoms with van der Waals surface area (Å²) in [6.07, 6.45) is 0.715. The molecule has 94 valence electrons. The number of methoxy groups -OCH3 is 1. The van der Waals surface area contributed by atoms with Crippen molar-refractivity contribution in [2.45, 2.75) is 12.5 Å². The van der Waals surface area contributed by atoms with Gasteiger partial charge in [-0.1, -0.05) is 22.5 Å². The van der Waals surface area contributed by atoms with Crippen molar-refractivity contribution in [3.8, 4) is 0 Å². The first-order chi connectivity index (χ1) is 7.44. The van der Waals surface area contributed by atoms with Gasteiger partial charge in [0, 0.05) is 30.7 Å². The van der Waals surface area contributed by atoms with E-state index in [1.54, 1.807) is 7.11 Å². The monoisotopic (exact) mass is 311 g/mol. The highest BCUT2D eigenvalue weighted by molar-refractivity contribution is 9.11. The molecule has 1 aliphatic rings. The smallest absolute Gasteiger partial charge is 0.151 e. The van der Waals surface area contributed by atoms with Gasteiger partial charge in [0.1, 0.15) is 0 Å². The van der Waals surface area contributed by atoms with Crippen LogP contribution in [0.15, 0.2) is 11.1 Å².